The van der Waals surface area contributed by atoms with E-state index in [2.05, 4.69) is 5.32 Å². The molecule has 1 saturated carbocycles. The van der Waals surface area contributed by atoms with Crippen molar-refractivity contribution in [2.45, 2.75) is 58.5 Å². The second-order valence-electron chi connectivity index (χ2n) is 5.80. The highest BCUT2D eigenvalue weighted by Crippen LogP contribution is 2.28. The Bertz CT molecular complexity index is 309. The molecule has 0 aromatic carbocycles. The number of carboxylic acid groups (broad SMARTS) is 1. The van der Waals surface area contributed by atoms with Gasteiger partial charge in [0.2, 0.25) is 5.91 Å². The molecule has 0 aliphatic heterocycles. The van der Waals surface area contributed by atoms with Crippen molar-refractivity contribution in [3.05, 3.63) is 0 Å². The number of hydrogen-bond acceptors (Lipinski definition) is 3. The van der Waals surface area contributed by atoms with E-state index in [4.69, 9.17) is 9.84 Å². The molecule has 0 bridgehead atoms. The fourth-order valence-electron chi connectivity index (χ4n) is 2.50. The fourth-order valence-corrected chi connectivity index (χ4v) is 2.50. The summed E-state index contributed by atoms with van der Waals surface area (Å²) in [5.41, 5.74) is 0. The summed E-state index contributed by atoms with van der Waals surface area (Å²) in [5.74, 6) is -0.905. The van der Waals surface area contributed by atoms with E-state index < -0.39 is 5.97 Å². The summed E-state index contributed by atoms with van der Waals surface area (Å²) in [7, 11) is 0. The molecule has 0 heterocycles. The summed E-state index contributed by atoms with van der Waals surface area (Å²) < 4.78 is 5.43. The van der Waals surface area contributed by atoms with Gasteiger partial charge in [-0.2, -0.15) is 0 Å². The SMILES string of the molecule is CC(C)OCCCCNC(=O)C1CCC(C(=O)O)CC1. The summed E-state index contributed by atoms with van der Waals surface area (Å²) in [5, 5.41) is 11.9. The molecule has 0 aromatic heterocycles. The first-order valence-corrected chi connectivity index (χ1v) is 7.62. The molecule has 0 saturated heterocycles. The van der Waals surface area contributed by atoms with Gasteiger partial charge in [0.25, 0.3) is 0 Å². The number of carbonyl (C=O) groups excluding carboxylic acids is 1. The highest BCUT2D eigenvalue weighted by Gasteiger charge is 2.29. The van der Waals surface area contributed by atoms with Crippen LogP contribution < -0.4 is 5.32 Å². The lowest BCUT2D eigenvalue weighted by Gasteiger charge is -2.25. The number of hydrogen-bond donors (Lipinski definition) is 2. The van der Waals surface area contributed by atoms with Crippen LogP contribution in [0.25, 0.3) is 0 Å². The van der Waals surface area contributed by atoms with Crippen LogP contribution in [0.15, 0.2) is 0 Å². The lowest BCUT2D eigenvalue weighted by molar-refractivity contribution is -0.144. The number of aliphatic carboxylic acids is 1. The predicted octanol–water partition coefficient (Wildman–Crippen LogP) is 2.20. The molecule has 5 heteroatoms. The first-order valence-electron chi connectivity index (χ1n) is 7.62. The first kappa shape index (κ1) is 17.0. The van der Waals surface area contributed by atoms with Gasteiger partial charge in [-0.25, -0.2) is 0 Å². The molecule has 20 heavy (non-hydrogen) atoms. The second-order valence-corrected chi connectivity index (χ2v) is 5.80. The third-order valence-corrected chi connectivity index (χ3v) is 3.77. The number of carbonyl (C=O) groups is 2. The Balaban J connectivity index is 2.07. The molecule has 1 amide bonds. The Morgan fingerprint density at radius 3 is 2.30 bits per heavy atom. The molecule has 1 aliphatic carbocycles. The Morgan fingerprint density at radius 1 is 1.15 bits per heavy atom. The maximum absolute atomic E-state index is 11.9. The second kappa shape index (κ2) is 8.95. The normalized spacial score (nSPS) is 22.8. The van der Waals surface area contributed by atoms with Crippen LogP contribution in [-0.2, 0) is 14.3 Å². The van der Waals surface area contributed by atoms with E-state index in [0.29, 0.717) is 32.2 Å². The van der Waals surface area contributed by atoms with Crippen LogP contribution in [0.2, 0.25) is 0 Å². The Morgan fingerprint density at radius 2 is 1.75 bits per heavy atom. The van der Waals surface area contributed by atoms with E-state index in [1.807, 2.05) is 13.8 Å². The molecule has 116 valence electrons. The van der Waals surface area contributed by atoms with Crippen molar-refractivity contribution < 1.29 is 19.4 Å². The van der Waals surface area contributed by atoms with Gasteiger partial charge in [0.05, 0.1) is 12.0 Å². The lowest BCUT2D eigenvalue weighted by Crippen LogP contribution is -2.34. The minimum Gasteiger partial charge on any atom is -0.481 e. The molecular formula is C15H27NO4. The number of carboxylic acids is 1. The zero-order valence-corrected chi connectivity index (χ0v) is 12.6. The van der Waals surface area contributed by atoms with Gasteiger partial charge >= 0.3 is 5.97 Å². The van der Waals surface area contributed by atoms with Crippen LogP contribution in [-0.4, -0.2) is 36.2 Å². The van der Waals surface area contributed by atoms with Crippen molar-refractivity contribution in [3.8, 4) is 0 Å². The number of rotatable bonds is 8. The van der Waals surface area contributed by atoms with Gasteiger partial charge in [-0.15, -0.1) is 0 Å². The average Bonchev–Trinajstić information content (AvgIpc) is 2.42. The van der Waals surface area contributed by atoms with Gasteiger partial charge < -0.3 is 15.2 Å². The van der Waals surface area contributed by atoms with Crippen LogP contribution in [0.3, 0.4) is 0 Å². The van der Waals surface area contributed by atoms with Gasteiger partial charge in [-0.05, 0) is 52.4 Å². The van der Waals surface area contributed by atoms with E-state index in [9.17, 15) is 9.59 Å². The van der Waals surface area contributed by atoms with E-state index in [-0.39, 0.29) is 23.8 Å². The Kier molecular flexibility index (Phi) is 7.59. The Hall–Kier alpha value is -1.10. The molecule has 0 spiro atoms. The van der Waals surface area contributed by atoms with Crippen LogP contribution in [0.4, 0.5) is 0 Å². The smallest absolute Gasteiger partial charge is 0.306 e. The van der Waals surface area contributed by atoms with Crippen LogP contribution in [0, 0.1) is 11.8 Å². The molecule has 0 radical (unpaired) electrons. The summed E-state index contributed by atoms with van der Waals surface area (Å²) in [6, 6.07) is 0. The number of unbranched alkanes of at least 4 members (excludes halogenated alkanes) is 1. The fraction of sp³-hybridized carbons (Fsp3) is 0.867. The highest BCUT2D eigenvalue weighted by atomic mass is 16.5. The molecule has 1 rings (SSSR count). The summed E-state index contributed by atoms with van der Waals surface area (Å²) in [6.45, 7) is 5.43. The van der Waals surface area contributed by atoms with Crippen molar-refractivity contribution in [2.24, 2.45) is 11.8 Å². The van der Waals surface area contributed by atoms with E-state index in [0.717, 1.165) is 19.4 Å². The molecular weight excluding hydrogens is 258 g/mol. The number of nitrogens with one attached hydrogen (secondary N) is 1. The minimum atomic E-state index is -0.728. The summed E-state index contributed by atoms with van der Waals surface area (Å²) >= 11 is 0. The molecule has 0 unspecified atom stereocenters. The van der Waals surface area contributed by atoms with Crippen molar-refractivity contribution >= 4 is 11.9 Å². The Labute approximate surface area is 121 Å². The first-order chi connectivity index (χ1) is 9.50. The third kappa shape index (κ3) is 6.37. The van der Waals surface area contributed by atoms with Gasteiger partial charge in [-0.1, -0.05) is 0 Å². The zero-order chi connectivity index (χ0) is 15.0. The van der Waals surface area contributed by atoms with Gasteiger partial charge in [0.15, 0.2) is 0 Å². The monoisotopic (exact) mass is 285 g/mol. The van der Waals surface area contributed by atoms with Crippen LogP contribution in [0.1, 0.15) is 52.4 Å². The number of ether oxygens (including phenoxy) is 1. The standard InChI is InChI=1S/C15H27NO4/c1-11(2)20-10-4-3-9-16-14(17)12-5-7-13(8-6-12)15(18)19/h11-13H,3-10H2,1-2H3,(H,16,17)(H,18,19). The van der Waals surface area contributed by atoms with E-state index in [1.54, 1.807) is 0 Å². The van der Waals surface area contributed by atoms with E-state index >= 15 is 0 Å². The molecule has 1 fully saturated rings. The minimum absolute atomic E-state index is 0.00230. The van der Waals surface area contributed by atoms with Gasteiger partial charge in [-0.3, -0.25) is 9.59 Å². The van der Waals surface area contributed by atoms with Crippen molar-refractivity contribution in [2.75, 3.05) is 13.2 Å². The molecule has 1 aliphatic rings. The van der Waals surface area contributed by atoms with Crippen molar-refractivity contribution in [1.29, 1.82) is 0 Å². The molecule has 2 N–H and O–H groups in total. The molecule has 0 atom stereocenters. The average molecular weight is 285 g/mol. The van der Waals surface area contributed by atoms with Crippen molar-refractivity contribution in [1.82, 2.24) is 5.32 Å². The van der Waals surface area contributed by atoms with Gasteiger partial charge in [0.1, 0.15) is 0 Å². The summed E-state index contributed by atoms with van der Waals surface area (Å²) in [4.78, 5) is 22.8. The lowest BCUT2D eigenvalue weighted by atomic mass is 9.81. The maximum Gasteiger partial charge on any atom is 0.306 e. The van der Waals surface area contributed by atoms with Gasteiger partial charge in [0, 0.05) is 19.1 Å². The quantitative estimate of drug-likeness (QED) is 0.670. The van der Waals surface area contributed by atoms with Crippen molar-refractivity contribution in [3.63, 3.8) is 0 Å². The molecule has 5 nitrogen and oxygen atoms in total. The largest absolute Gasteiger partial charge is 0.481 e. The van der Waals surface area contributed by atoms with E-state index in [1.165, 1.54) is 0 Å². The number of amides is 1. The zero-order valence-electron chi connectivity index (χ0n) is 12.6. The predicted molar refractivity (Wildman–Crippen MR) is 76.4 cm³/mol. The summed E-state index contributed by atoms with van der Waals surface area (Å²) in [6.07, 6.45) is 4.76. The third-order valence-electron chi connectivity index (χ3n) is 3.77. The van der Waals surface area contributed by atoms with Crippen LogP contribution in [0.5, 0.6) is 0 Å². The highest BCUT2D eigenvalue weighted by molar-refractivity contribution is 5.79. The molecule has 0 aromatic rings. The topological polar surface area (TPSA) is 75.6 Å². The maximum atomic E-state index is 11.9. The van der Waals surface area contributed by atoms with Crippen LogP contribution >= 0.6 is 0 Å².